The first-order chi connectivity index (χ1) is 29.7. The maximum atomic E-state index is 12.3. The Hall–Kier alpha value is -3.74. The van der Waals surface area contributed by atoms with Gasteiger partial charge in [0.25, 0.3) is 0 Å². The van der Waals surface area contributed by atoms with Crippen LogP contribution < -0.4 is 0 Å². The van der Waals surface area contributed by atoms with E-state index in [9.17, 15) is 9.59 Å². The van der Waals surface area contributed by atoms with Crippen molar-refractivity contribution in [2.45, 2.75) is 131 Å². The van der Waals surface area contributed by atoms with Crippen molar-refractivity contribution in [1.82, 2.24) is 58.7 Å². The summed E-state index contributed by atoms with van der Waals surface area (Å²) < 4.78 is 21.5. The van der Waals surface area contributed by atoms with E-state index in [1.54, 1.807) is 0 Å². The van der Waals surface area contributed by atoms with E-state index in [4.69, 9.17) is 24.8 Å². The van der Waals surface area contributed by atoms with Crippen LogP contribution >= 0.6 is 31.9 Å². The molecule has 6 heterocycles. The normalized spacial score (nSPS) is 19.1. The monoisotopic (exact) mass is 1010 g/mol. The van der Waals surface area contributed by atoms with Gasteiger partial charge in [-0.05, 0) is 167 Å². The predicted molar refractivity (Wildman–Crippen MR) is 255 cm³/mol. The molecule has 4 aliphatic rings. The molecule has 2 aliphatic carbocycles. The van der Waals surface area contributed by atoms with Gasteiger partial charge in [-0.25, -0.2) is 9.59 Å². The average Bonchev–Trinajstić information content (AvgIpc) is 3.83. The lowest BCUT2D eigenvalue weighted by Crippen LogP contribution is -2.64. The van der Waals surface area contributed by atoms with Crippen molar-refractivity contribution in [3.05, 3.63) is 43.9 Å². The first-order valence-electron chi connectivity index (χ1n) is 22.6. The Labute approximate surface area is 396 Å². The third-order valence-electron chi connectivity index (χ3n) is 12.8. The number of likely N-dealkylation sites (N-methyl/N-ethyl adjacent to an activating group) is 2. The maximum Gasteiger partial charge on any atom is 0.410 e. The fraction of sp³-hybridized carbons (Fsp3) is 0.696. The molecule has 2 saturated carbocycles. The molecule has 16 nitrogen and oxygen atoms in total. The van der Waals surface area contributed by atoms with Crippen LogP contribution in [0.5, 0.6) is 0 Å². The fourth-order valence-electron chi connectivity index (χ4n) is 9.56. The summed E-state index contributed by atoms with van der Waals surface area (Å²) >= 11 is 7.56. The molecule has 18 heteroatoms. The number of amides is 2. The molecule has 8 rings (SSSR count). The Balaban J connectivity index is 0.000000191. The molecular formula is C46H70Br2N12O4. The number of aromatic nitrogens is 8. The number of rotatable bonds is 10. The lowest BCUT2D eigenvalue weighted by Gasteiger charge is -2.58. The maximum absolute atomic E-state index is 12.3. The van der Waals surface area contributed by atoms with Gasteiger partial charge in [-0.1, -0.05) is 0 Å². The van der Waals surface area contributed by atoms with E-state index in [1.807, 2.05) is 62.9 Å². The van der Waals surface area contributed by atoms with E-state index in [0.717, 1.165) is 133 Å². The molecule has 0 N–H and O–H groups in total. The minimum absolute atomic E-state index is 0.201. The molecule has 0 atom stereocenters. The van der Waals surface area contributed by atoms with Gasteiger partial charge in [-0.3, -0.25) is 18.7 Å². The molecule has 2 spiro atoms. The Morgan fingerprint density at radius 1 is 0.656 bits per heavy atom. The van der Waals surface area contributed by atoms with Crippen LogP contribution in [0.2, 0.25) is 0 Å². The number of halogens is 2. The van der Waals surface area contributed by atoms with Gasteiger partial charge in [0.05, 0.1) is 56.9 Å². The van der Waals surface area contributed by atoms with Crippen LogP contribution in [-0.2, 0) is 22.6 Å². The molecule has 2 amide bonds. The van der Waals surface area contributed by atoms with Crippen LogP contribution in [-0.4, -0.2) is 150 Å². The van der Waals surface area contributed by atoms with E-state index in [2.05, 4.69) is 122 Å². The summed E-state index contributed by atoms with van der Waals surface area (Å²) in [7, 11) is 8.28. The Morgan fingerprint density at radius 3 is 1.52 bits per heavy atom. The molecule has 4 fully saturated rings. The van der Waals surface area contributed by atoms with Gasteiger partial charge in [0.2, 0.25) is 0 Å². The molecule has 0 radical (unpaired) electrons. The average molecular weight is 1010 g/mol. The largest absolute Gasteiger partial charge is 0.444 e. The van der Waals surface area contributed by atoms with Crippen molar-refractivity contribution in [3.8, 4) is 22.8 Å². The second-order valence-corrected chi connectivity index (χ2v) is 23.2. The molecule has 0 bridgehead atoms. The van der Waals surface area contributed by atoms with Crippen LogP contribution in [0, 0.1) is 38.5 Å². The van der Waals surface area contributed by atoms with Crippen LogP contribution in [0.1, 0.15) is 102 Å². The van der Waals surface area contributed by atoms with Gasteiger partial charge < -0.3 is 29.1 Å². The highest BCUT2D eigenvalue weighted by Crippen LogP contribution is 2.56. The van der Waals surface area contributed by atoms with Gasteiger partial charge in [0.1, 0.15) is 28.3 Å². The molecule has 0 unspecified atom stereocenters. The van der Waals surface area contributed by atoms with E-state index >= 15 is 0 Å². The van der Waals surface area contributed by atoms with Crippen molar-refractivity contribution in [2.75, 3.05) is 67.5 Å². The highest BCUT2D eigenvalue weighted by molar-refractivity contribution is 9.11. The first-order valence-corrected chi connectivity index (χ1v) is 24.2. The number of aryl methyl sites for hydroxylation is 2. The zero-order chi connectivity index (χ0) is 46.8. The third-order valence-corrected chi connectivity index (χ3v) is 14.7. The predicted octanol–water partition coefficient (Wildman–Crippen LogP) is 8.52. The minimum Gasteiger partial charge on any atom is -0.444 e. The van der Waals surface area contributed by atoms with E-state index in [1.165, 1.54) is 0 Å². The number of nitrogens with zero attached hydrogens (tertiary/aromatic N) is 12. The van der Waals surface area contributed by atoms with E-state index in [-0.39, 0.29) is 23.0 Å². The number of carbonyl (C=O) groups is 2. The molecule has 2 saturated heterocycles. The SMILES string of the molecule is Cc1cc(-c2nn(C3CC4(C3)CN(C(=O)OC(C)(C)C)C4)c(C)c2Br)n(CCN(C)C)n1.Cc1cc(-c2nn(C3CC4(C3)CN(C(=O)OC(C)(C)C)C4)c(C)c2Br)nn1CCN(C)C. The molecule has 4 aromatic heterocycles. The number of hydrogen-bond donors (Lipinski definition) is 0. The van der Waals surface area contributed by atoms with Gasteiger partial charge >= 0.3 is 12.2 Å². The van der Waals surface area contributed by atoms with Crippen molar-refractivity contribution in [1.29, 1.82) is 0 Å². The summed E-state index contributed by atoms with van der Waals surface area (Å²) in [5, 5.41) is 19.5. The number of hydrogen-bond acceptors (Lipinski definition) is 10. The van der Waals surface area contributed by atoms with Crippen LogP contribution in [0.3, 0.4) is 0 Å². The number of carbonyl (C=O) groups excluding carboxylic acids is 2. The summed E-state index contributed by atoms with van der Waals surface area (Å²) in [5.41, 5.74) is 7.75. The molecule has 64 heavy (non-hydrogen) atoms. The van der Waals surface area contributed by atoms with Crippen molar-refractivity contribution in [3.63, 3.8) is 0 Å². The number of ether oxygens (including phenoxy) is 2. The van der Waals surface area contributed by atoms with Crippen molar-refractivity contribution >= 4 is 44.0 Å². The Morgan fingerprint density at radius 2 is 1.08 bits per heavy atom. The molecule has 2 aliphatic heterocycles. The number of likely N-dealkylation sites (tertiary alicyclic amines) is 2. The minimum atomic E-state index is -0.450. The summed E-state index contributed by atoms with van der Waals surface area (Å²) in [4.78, 5) is 32.5. The van der Waals surface area contributed by atoms with Crippen molar-refractivity contribution in [2.24, 2.45) is 10.8 Å². The van der Waals surface area contributed by atoms with E-state index < -0.39 is 11.2 Å². The summed E-state index contributed by atoms with van der Waals surface area (Å²) in [5.74, 6) is 0. The zero-order valence-electron chi connectivity index (χ0n) is 40.6. The summed E-state index contributed by atoms with van der Waals surface area (Å²) in [6.45, 7) is 26.4. The lowest BCUT2D eigenvalue weighted by atomic mass is 9.61. The zero-order valence-corrected chi connectivity index (χ0v) is 43.7. The molecular weight excluding hydrogens is 944 g/mol. The van der Waals surface area contributed by atoms with Crippen molar-refractivity contribution < 1.29 is 19.1 Å². The molecule has 352 valence electrons. The van der Waals surface area contributed by atoms with Crippen LogP contribution in [0.25, 0.3) is 22.8 Å². The Bertz CT molecular complexity index is 2330. The molecule has 4 aromatic rings. The standard InChI is InChI=1S/2C23H35BrN6O2/c1-15-10-18(25-29(15)9-8-27(6)7)20-19(24)16(2)30(26-20)17-11-23(12-17)13-28(14-23)21(31)32-22(3,4)5;1-15-10-18(29(25-15)9-8-27(6)7)20-19(24)16(2)30(26-20)17-11-23(12-17)13-28(14-23)21(31)32-22(3,4)5/h2*10,17H,8-9,11-14H2,1-7H3. The third kappa shape index (κ3) is 10.3. The summed E-state index contributed by atoms with van der Waals surface area (Å²) in [6.07, 6.45) is 3.76. The van der Waals surface area contributed by atoms with Crippen LogP contribution in [0.15, 0.2) is 21.1 Å². The molecule has 0 aromatic carbocycles. The van der Waals surface area contributed by atoms with Gasteiger partial charge in [0.15, 0.2) is 0 Å². The Kier molecular flexibility index (Phi) is 13.4. The van der Waals surface area contributed by atoms with Gasteiger partial charge in [0, 0.05) is 55.8 Å². The van der Waals surface area contributed by atoms with E-state index in [0.29, 0.717) is 12.1 Å². The summed E-state index contributed by atoms with van der Waals surface area (Å²) in [6, 6.07) is 4.94. The topological polar surface area (TPSA) is 137 Å². The lowest BCUT2D eigenvalue weighted by molar-refractivity contribution is -0.0931. The highest BCUT2D eigenvalue weighted by Gasteiger charge is 2.56. The second-order valence-electron chi connectivity index (χ2n) is 21.6. The van der Waals surface area contributed by atoms with Crippen LogP contribution in [0.4, 0.5) is 9.59 Å². The van der Waals surface area contributed by atoms with Gasteiger partial charge in [-0.15, -0.1) is 0 Å². The van der Waals surface area contributed by atoms with Gasteiger partial charge in [-0.2, -0.15) is 20.4 Å². The highest BCUT2D eigenvalue weighted by atomic mass is 79.9. The smallest absolute Gasteiger partial charge is 0.410 e. The second kappa shape index (κ2) is 17.8. The quantitative estimate of drug-likeness (QED) is 0.152. The first kappa shape index (κ1) is 48.2. The fourth-order valence-corrected chi connectivity index (χ4v) is 10.5.